The first-order valence-corrected chi connectivity index (χ1v) is 10.1. The SMILES string of the molecule is Cc1c(Cl)cccc1NC(=S)N(C)C1(c2ccccc2Cl)CCCCC1=O. The van der Waals surface area contributed by atoms with E-state index in [1.165, 1.54) is 0 Å². The third-order valence-corrected chi connectivity index (χ3v) is 6.47. The number of hydrogen-bond acceptors (Lipinski definition) is 2. The molecule has 2 aromatic carbocycles. The second-order valence-electron chi connectivity index (χ2n) is 6.87. The quantitative estimate of drug-likeness (QED) is 0.619. The van der Waals surface area contributed by atoms with Crippen LogP contribution in [0.25, 0.3) is 0 Å². The molecule has 0 spiro atoms. The maximum Gasteiger partial charge on any atom is 0.174 e. The highest BCUT2D eigenvalue weighted by atomic mass is 35.5. The minimum absolute atomic E-state index is 0.149. The largest absolute Gasteiger partial charge is 0.335 e. The number of halogens is 2. The van der Waals surface area contributed by atoms with E-state index >= 15 is 0 Å². The molecule has 1 N–H and O–H groups in total. The van der Waals surface area contributed by atoms with Crippen LogP contribution in [-0.2, 0) is 10.3 Å². The van der Waals surface area contributed by atoms with Crippen LogP contribution < -0.4 is 5.32 Å². The first-order valence-electron chi connectivity index (χ1n) is 8.96. The lowest BCUT2D eigenvalue weighted by Gasteiger charge is -2.45. The molecular formula is C21H22Cl2N2OS. The van der Waals surface area contributed by atoms with Crippen LogP contribution >= 0.6 is 35.4 Å². The van der Waals surface area contributed by atoms with Gasteiger partial charge in [0.05, 0.1) is 0 Å². The highest BCUT2D eigenvalue weighted by Gasteiger charge is 2.47. The van der Waals surface area contributed by atoms with E-state index in [-0.39, 0.29) is 5.78 Å². The fraction of sp³-hybridized carbons (Fsp3) is 0.333. The number of thiocarbonyl (C=S) groups is 1. The van der Waals surface area contributed by atoms with Gasteiger partial charge >= 0.3 is 0 Å². The number of hydrogen-bond donors (Lipinski definition) is 1. The molecular weight excluding hydrogens is 399 g/mol. The molecule has 1 aliphatic carbocycles. The van der Waals surface area contributed by atoms with Crippen LogP contribution in [0.15, 0.2) is 42.5 Å². The van der Waals surface area contributed by atoms with E-state index in [0.29, 0.717) is 28.0 Å². The van der Waals surface area contributed by atoms with Gasteiger partial charge in [-0.25, -0.2) is 0 Å². The van der Waals surface area contributed by atoms with Crippen LogP contribution in [-0.4, -0.2) is 22.8 Å². The Kier molecular flexibility index (Phi) is 6.09. The number of rotatable bonds is 3. The van der Waals surface area contributed by atoms with Gasteiger partial charge in [0.2, 0.25) is 0 Å². The Bertz CT molecular complexity index is 886. The van der Waals surface area contributed by atoms with Gasteiger partial charge in [0, 0.05) is 34.8 Å². The van der Waals surface area contributed by atoms with Crippen molar-refractivity contribution in [1.29, 1.82) is 0 Å². The number of carbonyl (C=O) groups is 1. The normalized spacial score (nSPS) is 19.6. The van der Waals surface area contributed by atoms with Crippen molar-refractivity contribution in [2.45, 2.75) is 38.1 Å². The highest BCUT2D eigenvalue weighted by molar-refractivity contribution is 7.80. The Morgan fingerprint density at radius 2 is 1.81 bits per heavy atom. The summed E-state index contributed by atoms with van der Waals surface area (Å²) < 4.78 is 0. The van der Waals surface area contributed by atoms with Gasteiger partial charge in [-0.1, -0.05) is 47.5 Å². The summed E-state index contributed by atoms with van der Waals surface area (Å²) in [6, 6.07) is 13.2. The summed E-state index contributed by atoms with van der Waals surface area (Å²) in [6.45, 7) is 1.93. The van der Waals surface area contributed by atoms with E-state index < -0.39 is 5.54 Å². The van der Waals surface area contributed by atoms with Gasteiger partial charge in [0.15, 0.2) is 10.9 Å². The average molecular weight is 421 g/mol. The molecule has 0 aromatic heterocycles. The summed E-state index contributed by atoms with van der Waals surface area (Å²) in [5.74, 6) is 0.149. The molecule has 6 heteroatoms. The Hall–Kier alpha value is -1.62. The number of ketones is 1. The molecule has 0 saturated heterocycles. The van der Waals surface area contributed by atoms with Gasteiger partial charge in [-0.3, -0.25) is 4.79 Å². The second kappa shape index (κ2) is 8.17. The lowest BCUT2D eigenvalue weighted by Crippen LogP contribution is -2.55. The fourth-order valence-corrected chi connectivity index (χ4v) is 4.48. The van der Waals surface area contributed by atoms with Crippen molar-refractivity contribution in [2.24, 2.45) is 0 Å². The zero-order valence-corrected chi connectivity index (χ0v) is 17.7. The Morgan fingerprint density at radius 1 is 1.11 bits per heavy atom. The van der Waals surface area contributed by atoms with Crippen molar-refractivity contribution in [1.82, 2.24) is 4.90 Å². The monoisotopic (exact) mass is 420 g/mol. The van der Waals surface area contributed by atoms with Crippen molar-refractivity contribution in [3.63, 3.8) is 0 Å². The molecule has 3 nitrogen and oxygen atoms in total. The Balaban J connectivity index is 2.00. The van der Waals surface area contributed by atoms with E-state index in [1.54, 1.807) is 0 Å². The molecule has 0 heterocycles. The molecule has 1 unspecified atom stereocenters. The van der Waals surface area contributed by atoms with E-state index in [2.05, 4.69) is 5.32 Å². The molecule has 0 radical (unpaired) electrons. The van der Waals surface area contributed by atoms with Crippen molar-refractivity contribution in [2.75, 3.05) is 12.4 Å². The van der Waals surface area contributed by atoms with Crippen LogP contribution in [0, 0.1) is 6.92 Å². The molecule has 0 bridgehead atoms. The third-order valence-electron chi connectivity index (χ3n) is 5.36. The maximum absolute atomic E-state index is 13.2. The van der Waals surface area contributed by atoms with Gasteiger partial charge in [-0.2, -0.15) is 0 Å². The van der Waals surface area contributed by atoms with Crippen molar-refractivity contribution < 1.29 is 4.79 Å². The lowest BCUT2D eigenvalue weighted by molar-refractivity contribution is -0.131. The molecule has 1 aliphatic rings. The van der Waals surface area contributed by atoms with Gasteiger partial charge in [0.1, 0.15) is 5.54 Å². The Labute approximate surface area is 175 Å². The zero-order valence-electron chi connectivity index (χ0n) is 15.4. The molecule has 1 saturated carbocycles. The minimum atomic E-state index is -0.854. The number of likely N-dealkylation sites (N-methyl/N-ethyl adjacent to an activating group) is 1. The van der Waals surface area contributed by atoms with Gasteiger partial charge in [-0.05, 0) is 62.2 Å². The summed E-state index contributed by atoms with van der Waals surface area (Å²) in [5.41, 5.74) is 1.70. The number of nitrogens with one attached hydrogen (secondary N) is 1. The number of benzene rings is 2. The highest BCUT2D eigenvalue weighted by Crippen LogP contribution is 2.42. The fourth-order valence-electron chi connectivity index (χ4n) is 3.74. The number of Topliss-reactive ketones (excluding diaryl/α,β-unsaturated/α-hetero) is 1. The van der Waals surface area contributed by atoms with Crippen LogP contribution in [0.1, 0.15) is 36.8 Å². The molecule has 0 amide bonds. The lowest BCUT2D eigenvalue weighted by atomic mass is 9.74. The number of nitrogens with zero attached hydrogens (tertiary/aromatic N) is 1. The summed E-state index contributed by atoms with van der Waals surface area (Å²) in [6.07, 6.45) is 3.05. The molecule has 3 rings (SSSR count). The summed E-state index contributed by atoms with van der Waals surface area (Å²) in [5, 5.41) is 4.98. The molecule has 1 fully saturated rings. The molecule has 27 heavy (non-hydrogen) atoms. The average Bonchev–Trinajstić information content (AvgIpc) is 2.66. The van der Waals surface area contributed by atoms with Gasteiger partial charge < -0.3 is 10.2 Å². The van der Waals surface area contributed by atoms with Gasteiger partial charge in [-0.15, -0.1) is 0 Å². The third kappa shape index (κ3) is 3.71. The van der Waals surface area contributed by atoms with Gasteiger partial charge in [0.25, 0.3) is 0 Å². The smallest absolute Gasteiger partial charge is 0.174 e. The van der Waals surface area contributed by atoms with E-state index in [0.717, 1.165) is 29.7 Å². The molecule has 142 valence electrons. The predicted molar refractivity (Wildman–Crippen MR) is 117 cm³/mol. The first-order chi connectivity index (χ1) is 12.9. The number of anilines is 1. The Morgan fingerprint density at radius 3 is 2.52 bits per heavy atom. The minimum Gasteiger partial charge on any atom is -0.335 e. The number of carbonyl (C=O) groups excluding carboxylic acids is 1. The topological polar surface area (TPSA) is 32.3 Å². The molecule has 1 atom stereocenters. The van der Waals surface area contributed by atoms with Crippen LogP contribution in [0.2, 0.25) is 10.0 Å². The first kappa shape index (κ1) is 20.1. The molecule has 0 aliphatic heterocycles. The van der Waals surface area contributed by atoms with Crippen molar-refractivity contribution >= 4 is 52.0 Å². The zero-order chi connectivity index (χ0) is 19.6. The summed E-state index contributed by atoms with van der Waals surface area (Å²) in [4.78, 5) is 15.0. The van der Waals surface area contributed by atoms with Crippen LogP contribution in [0.4, 0.5) is 5.69 Å². The summed E-state index contributed by atoms with van der Waals surface area (Å²) in [7, 11) is 1.86. The van der Waals surface area contributed by atoms with Crippen LogP contribution in [0.5, 0.6) is 0 Å². The van der Waals surface area contributed by atoms with Crippen molar-refractivity contribution in [3.05, 3.63) is 63.6 Å². The van der Waals surface area contributed by atoms with E-state index in [9.17, 15) is 4.79 Å². The second-order valence-corrected chi connectivity index (χ2v) is 8.07. The van der Waals surface area contributed by atoms with Crippen LogP contribution in [0.3, 0.4) is 0 Å². The molecule has 2 aromatic rings. The van der Waals surface area contributed by atoms with Crippen molar-refractivity contribution in [3.8, 4) is 0 Å². The summed E-state index contributed by atoms with van der Waals surface area (Å²) >= 11 is 18.4. The van der Waals surface area contributed by atoms with E-state index in [4.69, 9.17) is 35.4 Å². The predicted octanol–water partition coefficient (Wildman–Crippen LogP) is 5.97. The standard InChI is InChI=1S/C21H22Cl2N2OS/c1-14-16(22)10-7-11-18(14)24-20(27)25(2)21(13-6-5-12-19(21)26)15-8-3-4-9-17(15)23/h3-4,7-11H,5-6,12-13H2,1-2H3,(H,24,27). The van der Waals surface area contributed by atoms with E-state index in [1.807, 2.05) is 61.3 Å². The maximum atomic E-state index is 13.2.